The van der Waals surface area contributed by atoms with Gasteiger partial charge in [0.25, 0.3) is 0 Å². The van der Waals surface area contributed by atoms with E-state index in [-0.39, 0.29) is 63.4 Å². The molecule has 0 radical (unpaired) electrons. The van der Waals surface area contributed by atoms with E-state index in [1.54, 1.807) is 0 Å². The molecule has 80 heavy (non-hydrogen) atoms. The molecule has 2 rings (SSSR count). The minimum absolute atomic E-state index is 0.0108. The van der Waals surface area contributed by atoms with E-state index >= 15 is 0 Å². The number of ether oxygens (including phenoxy) is 7. The predicted molar refractivity (Wildman–Crippen MR) is 320 cm³/mol. The highest BCUT2D eigenvalue weighted by Gasteiger charge is 2.37. The molecule has 458 valence electrons. The van der Waals surface area contributed by atoms with Crippen LogP contribution >= 0.6 is 0 Å². The second-order valence-electron chi connectivity index (χ2n) is 21.9. The Balaban J connectivity index is 2.22. The fraction of sp³-hybridized carbons (Fsp3) is 0.773. The summed E-state index contributed by atoms with van der Waals surface area (Å²) in [5, 5.41) is 2.93. The Morgan fingerprint density at radius 3 is 1.79 bits per heavy atom. The van der Waals surface area contributed by atoms with Crippen LogP contribution in [0.4, 0.5) is 4.79 Å². The molecule has 0 aliphatic carbocycles. The van der Waals surface area contributed by atoms with Crippen molar-refractivity contribution in [3.63, 3.8) is 0 Å². The molecule has 0 bridgehead atoms. The van der Waals surface area contributed by atoms with Crippen molar-refractivity contribution in [1.82, 2.24) is 10.2 Å². The van der Waals surface area contributed by atoms with Gasteiger partial charge < -0.3 is 43.4 Å². The van der Waals surface area contributed by atoms with Crippen molar-refractivity contribution in [2.24, 2.45) is 17.8 Å². The van der Waals surface area contributed by atoms with Crippen LogP contribution in [0.3, 0.4) is 0 Å². The Morgan fingerprint density at radius 2 is 1.12 bits per heavy atom. The summed E-state index contributed by atoms with van der Waals surface area (Å²) in [5.74, 6) is -2.78. The van der Waals surface area contributed by atoms with Gasteiger partial charge in [0.2, 0.25) is 0 Å². The number of allylic oxidation sites excluding steroid dienone is 4. The number of hydrogen-bond donors (Lipinski definition) is 1. The van der Waals surface area contributed by atoms with Crippen molar-refractivity contribution >= 4 is 30.0 Å². The second-order valence-corrected chi connectivity index (χ2v) is 21.9. The summed E-state index contributed by atoms with van der Waals surface area (Å²) in [5.41, 5.74) is 0.819. The van der Waals surface area contributed by atoms with Crippen LogP contribution in [-0.4, -0.2) is 106 Å². The van der Waals surface area contributed by atoms with E-state index in [1.807, 2.05) is 30.3 Å². The van der Waals surface area contributed by atoms with Crippen molar-refractivity contribution in [2.75, 3.05) is 59.2 Å². The summed E-state index contributed by atoms with van der Waals surface area (Å²) in [6.07, 6.45) is 32.5. The highest BCUT2D eigenvalue weighted by Crippen LogP contribution is 2.28. The fourth-order valence-electron chi connectivity index (χ4n) is 9.91. The first-order valence-electron chi connectivity index (χ1n) is 32.0. The maximum atomic E-state index is 13.8. The van der Waals surface area contributed by atoms with Crippen LogP contribution in [0.15, 0.2) is 54.6 Å². The zero-order valence-corrected chi connectivity index (χ0v) is 50.9. The summed E-state index contributed by atoms with van der Waals surface area (Å²) in [6, 6.07) is 9.39. The Hall–Kier alpha value is -4.27. The van der Waals surface area contributed by atoms with Gasteiger partial charge in [-0.15, -0.1) is 0 Å². The first-order chi connectivity index (χ1) is 39.1. The van der Waals surface area contributed by atoms with Crippen LogP contribution < -0.4 is 5.32 Å². The van der Waals surface area contributed by atoms with Gasteiger partial charge in [-0.25, -0.2) is 4.79 Å². The third-order valence-corrected chi connectivity index (χ3v) is 14.8. The molecule has 1 saturated heterocycles. The SMILES string of the molecule is CC/C=C\CCCCOC(CCC(=O)OCC(CC(=O)OCc1ccccc1)C(OC(=O)NCCN1CCCC1)C(CCCCC)COC(=O)CCCCCCCOC(=O)C(CCCC)CCCCCC)OCCCC/C=C\CC. The zero-order chi connectivity index (χ0) is 57.9. The van der Waals surface area contributed by atoms with Gasteiger partial charge in [0.15, 0.2) is 6.29 Å². The van der Waals surface area contributed by atoms with Gasteiger partial charge in [0.05, 0.1) is 38.6 Å². The minimum atomic E-state index is -0.973. The molecule has 1 N–H and O–H groups in total. The maximum Gasteiger partial charge on any atom is 0.407 e. The summed E-state index contributed by atoms with van der Waals surface area (Å²) >= 11 is 0. The molecule has 1 aromatic carbocycles. The molecule has 14 nitrogen and oxygen atoms in total. The monoisotopic (exact) mass is 1120 g/mol. The lowest BCUT2D eigenvalue weighted by molar-refractivity contribution is -0.163. The molecule has 1 aromatic rings. The standard InChI is InChI=1S/C66H112N2O12/c1-6-11-16-19-23-34-49-74-63(75-50-35-24-20-17-12-7-2)44-43-61(70)79-55-59(52-62(71)77-53-56-37-28-26-29-38-56)64(80-66(73)67-45-48-68-46-32-33-47-68)58(41-27-14-9-4)54-78-60(69)42-31-22-21-25-36-51-76-65(72)57(39-15-10-5)40-30-18-13-8-3/h11-12,16-17,26,28-29,37-38,57-59,63-64H,6-10,13-15,18-25,27,30-36,39-55H2,1-5H3,(H,67,73)/b16-11-,17-12-. The fourth-order valence-corrected chi connectivity index (χ4v) is 9.91. The maximum absolute atomic E-state index is 13.8. The molecule has 1 heterocycles. The van der Waals surface area contributed by atoms with Crippen LogP contribution in [-0.2, 0) is 58.9 Å². The lowest BCUT2D eigenvalue weighted by Crippen LogP contribution is -2.43. The molecule has 1 amide bonds. The van der Waals surface area contributed by atoms with E-state index in [4.69, 9.17) is 33.2 Å². The highest BCUT2D eigenvalue weighted by molar-refractivity contribution is 5.72. The van der Waals surface area contributed by atoms with Gasteiger partial charge in [-0.3, -0.25) is 19.2 Å². The average Bonchev–Trinajstić information content (AvgIpc) is 3.99. The number of likely N-dealkylation sites (tertiary alicyclic amines) is 1. The summed E-state index contributed by atoms with van der Waals surface area (Å²) in [4.78, 5) is 70.1. The highest BCUT2D eigenvalue weighted by atomic mass is 16.7. The second kappa shape index (κ2) is 50.5. The number of unbranched alkanes of at least 4 members (excludes halogenated alkanes) is 14. The molecule has 4 atom stereocenters. The van der Waals surface area contributed by atoms with E-state index in [0.717, 1.165) is 166 Å². The minimum Gasteiger partial charge on any atom is -0.465 e. The van der Waals surface area contributed by atoms with Gasteiger partial charge in [-0.05, 0) is 115 Å². The van der Waals surface area contributed by atoms with Gasteiger partial charge in [0, 0.05) is 51.0 Å². The van der Waals surface area contributed by atoms with Crippen LogP contribution in [0.1, 0.15) is 239 Å². The zero-order valence-electron chi connectivity index (χ0n) is 50.9. The normalized spacial score (nSPS) is 14.3. The first kappa shape index (κ1) is 71.8. The van der Waals surface area contributed by atoms with E-state index in [2.05, 4.69) is 69.1 Å². The summed E-state index contributed by atoms with van der Waals surface area (Å²) in [7, 11) is 0. The largest absolute Gasteiger partial charge is 0.465 e. The topological polar surface area (TPSA) is 165 Å². The van der Waals surface area contributed by atoms with Gasteiger partial charge >= 0.3 is 30.0 Å². The summed E-state index contributed by atoms with van der Waals surface area (Å²) in [6.45, 7) is 14.9. The Kier molecular flexibility index (Phi) is 45.3. The van der Waals surface area contributed by atoms with Crippen molar-refractivity contribution in [1.29, 1.82) is 0 Å². The Morgan fingerprint density at radius 1 is 0.550 bits per heavy atom. The third-order valence-electron chi connectivity index (χ3n) is 14.8. The van der Waals surface area contributed by atoms with Crippen LogP contribution in [0.5, 0.6) is 0 Å². The number of benzene rings is 1. The van der Waals surface area contributed by atoms with E-state index in [9.17, 15) is 24.0 Å². The quantitative estimate of drug-likeness (QED) is 0.0216. The number of nitrogens with one attached hydrogen (secondary N) is 1. The van der Waals surface area contributed by atoms with Crippen LogP contribution in [0.25, 0.3) is 0 Å². The number of carbonyl (C=O) groups excluding carboxylic acids is 5. The molecule has 1 aliphatic heterocycles. The van der Waals surface area contributed by atoms with Gasteiger partial charge in [-0.2, -0.15) is 0 Å². The molecular formula is C66H112N2O12. The van der Waals surface area contributed by atoms with Gasteiger partial charge in [0.1, 0.15) is 12.7 Å². The van der Waals surface area contributed by atoms with E-state index < -0.39 is 42.3 Å². The van der Waals surface area contributed by atoms with Crippen molar-refractivity contribution < 1.29 is 57.1 Å². The molecule has 0 spiro atoms. The van der Waals surface area contributed by atoms with Crippen molar-refractivity contribution in [2.45, 2.75) is 253 Å². The number of alkyl carbamates (subject to hydrolysis) is 1. The molecule has 0 saturated carbocycles. The van der Waals surface area contributed by atoms with E-state index in [1.165, 1.54) is 12.8 Å². The van der Waals surface area contributed by atoms with Crippen LogP contribution in [0, 0.1) is 17.8 Å². The average molecular weight is 1130 g/mol. The Bertz CT molecular complexity index is 1730. The molecular weight excluding hydrogens is 1010 g/mol. The smallest absolute Gasteiger partial charge is 0.407 e. The number of hydrogen-bond acceptors (Lipinski definition) is 13. The molecule has 1 aliphatic rings. The summed E-state index contributed by atoms with van der Waals surface area (Å²) < 4.78 is 42.3. The lowest BCUT2D eigenvalue weighted by Gasteiger charge is -2.33. The lowest BCUT2D eigenvalue weighted by atomic mass is 9.85. The molecule has 1 fully saturated rings. The number of esters is 4. The third kappa shape index (κ3) is 38.4. The molecule has 0 aromatic heterocycles. The number of nitrogens with zero attached hydrogens (tertiary/aromatic N) is 1. The predicted octanol–water partition coefficient (Wildman–Crippen LogP) is 15.3. The number of rotatable bonds is 52. The van der Waals surface area contributed by atoms with Crippen molar-refractivity contribution in [3.8, 4) is 0 Å². The van der Waals surface area contributed by atoms with E-state index in [0.29, 0.717) is 45.8 Å². The Labute approximate surface area is 485 Å². The van der Waals surface area contributed by atoms with Gasteiger partial charge in [-0.1, -0.05) is 166 Å². The molecule has 4 unspecified atom stereocenters. The first-order valence-corrected chi connectivity index (χ1v) is 32.0. The number of amides is 1. The number of carbonyl (C=O) groups is 5. The van der Waals surface area contributed by atoms with Crippen LogP contribution in [0.2, 0.25) is 0 Å². The molecule has 14 heteroatoms. The van der Waals surface area contributed by atoms with Crippen molar-refractivity contribution in [3.05, 3.63) is 60.2 Å².